The zero-order valence-electron chi connectivity index (χ0n) is 18.0. The predicted octanol–water partition coefficient (Wildman–Crippen LogP) is 1.54. The van der Waals surface area contributed by atoms with E-state index >= 15 is 0 Å². The summed E-state index contributed by atoms with van der Waals surface area (Å²) in [5.41, 5.74) is 7.20. The second-order valence-corrected chi connectivity index (χ2v) is 8.67. The molecule has 2 atom stereocenters. The minimum absolute atomic E-state index is 0.128. The van der Waals surface area contributed by atoms with Crippen molar-refractivity contribution in [2.24, 2.45) is 11.7 Å². The Hall–Kier alpha value is -3.75. The summed E-state index contributed by atoms with van der Waals surface area (Å²) in [6.45, 7) is 4.86. The van der Waals surface area contributed by atoms with Crippen molar-refractivity contribution in [3.8, 4) is 0 Å². The van der Waals surface area contributed by atoms with Gasteiger partial charge in [0.2, 0.25) is 5.91 Å². The first-order chi connectivity index (χ1) is 15.2. The molecule has 9 heteroatoms. The van der Waals surface area contributed by atoms with Crippen molar-refractivity contribution < 1.29 is 19.2 Å². The second-order valence-electron chi connectivity index (χ2n) is 8.67. The molecule has 3 heterocycles. The van der Waals surface area contributed by atoms with Gasteiger partial charge in [-0.05, 0) is 48.9 Å². The van der Waals surface area contributed by atoms with Gasteiger partial charge >= 0.3 is 11.8 Å². The molecule has 0 unspecified atom stereocenters. The Morgan fingerprint density at radius 3 is 2.78 bits per heavy atom. The van der Waals surface area contributed by atoms with Crippen molar-refractivity contribution in [2.75, 3.05) is 11.9 Å². The quantitative estimate of drug-likeness (QED) is 0.629. The topological polar surface area (TPSA) is 134 Å². The summed E-state index contributed by atoms with van der Waals surface area (Å²) >= 11 is 0. The number of nitrogens with zero attached hydrogens (tertiary/aromatic N) is 2. The Kier molecular flexibility index (Phi) is 5.41. The van der Waals surface area contributed by atoms with Crippen LogP contribution in [0.1, 0.15) is 58.5 Å². The van der Waals surface area contributed by atoms with Crippen LogP contribution in [0.3, 0.4) is 0 Å². The van der Waals surface area contributed by atoms with Crippen LogP contribution in [0.25, 0.3) is 0 Å². The van der Waals surface area contributed by atoms with E-state index in [0.717, 1.165) is 17.5 Å². The van der Waals surface area contributed by atoms with Crippen LogP contribution in [0.4, 0.5) is 5.69 Å². The SMILES string of the molecule is C[C@H]1CC[C@@](C)(c2ccc3c(c2)C(=O)NC3)N(C(=O)C(=O)Nc2cncc(C(N)=O)c2)C1. The normalized spacial score (nSPS) is 22.1. The molecule has 0 bridgehead atoms. The molecule has 1 aromatic carbocycles. The van der Waals surface area contributed by atoms with Crippen LogP contribution in [-0.2, 0) is 21.7 Å². The molecule has 9 nitrogen and oxygen atoms in total. The van der Waals surface area contributed by atoms with Gasteiger partial charge in [0, 0.05) is 24.8 Å². The molecule has 1 fully saturated rings. The van der Waals surface area contributed by atoms with Crippen molar-refractivity contribution in [2.45, 2.75) is 38.8 Å². The van der Waals surface area contributed by atoms with Crippen LogP contribution in [0.2, 0.25) is 0 Å². The third-order valence-corrected chi connectivity index (χ3v) is 6.35. The molecular weight excluding hydrogens is 410 g/mol. The smallest absolute Gasteiger partial charge is 0.313 e. The highest BCUT2D eigenvalue weighted by Gasteiger charge is 2.43. The molecule has 2 aliphatic heterocycles. The Balaban J connectivity index is 1.62. The maximum Gasteiger partial charge on any atom is 0.313 e. The molecule has 2 aliphatic rings. The summed E-state index contributed by atoms with van der Waals surface area (Å²) in [5.74, 6) is -2.11. The molecule has 4 rings (SSSR count). The average molecular weight is 435 g/mol. The van der Waals surface area contributed by atoms with Gasteiger partial charge in [-0.3, -0.25) is 24.2 Å². The Bertz CT molecular complexity index is 1130. The summed E-state index contributed by atoms with van der Waals surface area (Å²) < 4.78 is 0. The van der Waals surface area contributed by atoms with Crippen LogP contribution < -0.4 is 16.4 Å². The Morgan fingerprint density at radius 2 is 2.03 bits per heavy atom. The summed E-state index contributed by atoms with van der Waals surface area (Å²) in [7, 11) is 0. The van der Waals surface area contributed by atoms with Gasteiger partial charge in [-0.1, -0.05) is 19.1 Å². The third kappa shape index (κ3) is 3.81. The van der Waals surface area contributed by atoms with E-state index in [1.165, 1.54) is 18.5 Å². The number of pyridine rings is 1. The number of carbonyl (C=O) groups is 4. The van der Waals surface area contributed by atoms with Crippen LogP contribution in [0, 0.1) is 5.92 Å². The highest BCUT2D eigenvalue weighted by Crippen LogP contribution is 2.40. The number of piperidine rings is 1. The lowest BCUT2D eigenvalue weighted by Crippen LogP contribution is -2.55. The second kappa shape index (κ2) is 8.07. The van der Waals surface area contributed by atoms with Gasteiger partial charge in [-0.25, -0.2) is 0 Å². The van der Waals surface area contributed by atoms with E-state index in [-0.39, 0.29) is 23.1 Å². The number of fused-ring (bicyclic) bond motifs is 1. The van der Waals surface area contributed by atoms with Gasteiger partial charge in [0.25, 0.3) is 5.91 Å². The lowest BCUT2D eigenvalue weighted by molar-refractivity contribution is -0.150. The number of primary amides is 1. The highest BCUT2D eigenvalue weighted by atomic mass is 16.2. The minimum atomic E-state index is -0.826. The molecule has 0 saturated carbocycles. The Labute approximate surface area is 185 Å². The third-order valence-electron chi connectivity index (χ3n) is 6.35. The molecule has 1 aromatic heterocycles. The number of hydrogen-bond acceptors (Lipinski definition) is 5. The van der Waals surface area contributed by atoms with E-state index < -0.39 is 23.3 Å². The van der Waals surface area contributed by atoms with Gasteiger partial charge in [-0.15, -0.1) is 0 Å². The number of amides is 4. The fourth-order valence-electron chi connectivity index (χ4n) is 4.37. The molecular formula is C23H25N5O4. The standard InChI is InChI=1S/C23H25N5O4/c1-13-5-6-23(2,16-4-3-14-10-26-20(30)18(14)8-16)28(12-13)22(32)21(31)27-17-7-15(19(24)29)9-25-11-17/h3-4,7-9,11,13H,5-6,10,12H2,1-2H3,(H2,24,29)(H,26,30)(H,27,31)/t13-,23-/m0/s1. The van der Waals surface area contributed by atoms with Crippen LogP contribution in [0.15, 0.2) is 36.7 Å². The maximum atomic E-state index is 13.3. The number of carbonyl (C=O) groups excluding carboxylic acids is 4. The predicted molar refractivity (Wildman–Crippen MR) is 116 cm³/mol. The van der Waals surface area contributed by atoms with Crippen molar-refractivity contribution in [3.63, 3.8) is 0 Å². The molecule has 0 aliphatic carbocycles. The van der Waals surface area contributed by atoms with Gasteiger partial charge in [-0.2, -0.15) is 0 Å². The maximum absolute atomic E-state index is 13.3. The fraction of sp³-hybridized carbons (Fsp3) is 0.348. The molecule has 4 N–H and O–H groups in total. The van der Waals surface area contributed by atoms with E-state index in [1.807, 2.05) is 32.0 Å². The largest absolute Gasteiger partial charge is 0.366 e. The number of hydrogen-bond donors (Lipinski definition) is 3. The number of nitrogens with two attached hydrogens (primary N) is 1. The van der Waals surface area contributed by atoms with Crippen LogP contribution in [0.5, 0.6) is 0 Å². The van der Waals surface area contributed by atoms with E-state index in [0.29, 0.717) is 25.1 Å². The minimum Gasteiger partial charge on any atom is -0.366 e. The van der Waals surface area contributed by atoms with Gasteiger partial charge in [0.15, 0.2) is 0 Å². The zero-order chi connectivity index (χ0) is 23.0. The number of aromatic nitrogens is 1. The summed E-state index contributed by atoms with van der Waals surface area (Å²) in [6.07, 6.45) is 4.17. The van der Waals surface area contributed by atoms with Gasteiger partial charge < -0.3 is 21.3 Å². The number of benzene rings is 1. The number of rotatable bonds is 3. The van der Waals surface area contributed by atoms with E-state index in [2.05, 4.69) is 15.6 Å². The lowest BCUT2D eigenvalue weighted by Gasteiger charge is -2.47. The summed E-state index contributed by atoms with van der Waals surface area (Å²) in [5, 5.41) is 5.33. The molecule has 166 valence electrons. The summed E-state index contributed by atoms with van der Waals surface area (Å²) in [6, 6.07) is 7.02. The molecule has 0 radical (unpaired) electrons. The monoisotopic (exact) mass is 435 g/mol. The average Bonchev–Trinajstić information content (AvgIpc) is 3.15. The zero-order valence-corrected chi connectivity index (χ0v) is 18.0. The fourth-order valence-corrected chi connectivity index (χ4v) is 4.37. The van der Waals surface area contributed by atoms with E-state index in [1.54, 1.807) is 4.90 Å². The Morgan fingerprint density at radius 1 is 1.25 bits per heavy atom. The molecule has 4 amide bonds. The van der Waals surface area contributed by atoms with Crippen molar-refractivity contribution in [1.29, 1.82) is 0 Å². The molecule has 1 saturated heterocycles. The number of nitrogens with one attached hydrogen (secondary N) is 2. The van der Waals surface area contributed by atoms with Gasteiger partial charge in [0.05, 0.1) is 23.0 Å². The van der Waals surface area contributed by atoms with Crippen LogP contribution >= 0.6 is 0 Å². The van der Waals surface area contributed by atoms with Crippen molar-refractivity contribution in [3.05, 3.63) is 58.9 Å². The highest BCUT2D eigenvalue weighted by molar-refractivity contribution is 6.39. The molecule has 32 heavy (non-hydrogen) atoms. The van der Waals surface area contributed by atoms with Crippen molar-refractivity contribution >= 4 is 29.3 Å². The summed E-state index contributed by atoms with van der Waals surface area (Å²) in [4.78, 5) is 55.1. The number of likely N-dealkylation sites (tertiary alicyclic amines) is 1. The molecule has 2 aromatic rings. The van der Waals surface area contributed by atoms with Gasteiger partial charge in [0.1, 0.15) is 0 Å². The first-order valence-electron chi connectivity index (χ1n) is 10.5. The lowest BCUT2D eigenvalue weighted by atomic mass is 9.78. The number of anilines is 1. The van der Waals surface area contributed by atoms with E-state index in [4.69, 9.17) is 5.73 Å². The first kappa shape index (κ1) is 21.5. The molecule has 0 spiro atoms. The van der Waals surface area contributed by atoms with Crippen molar-refractivity contribution in [1.82, 2.24) is 15.2 Å². The van der Waals surface area contributed by atoms with Crippen LogP contribution in [-0.4, -0.2) is 40.1 Å². The first-order valence-corrected chi connectivity index (χ1v) is 10.5. The van der Waals surface area contributed by atoms with E-state index in [9.17, 15) is 19.2 Å².